The molecule has 0 bridgehead atoms. The van der Waals surface area contributed by atoms with Gasteiger partial charge in [0.2, 0.25) is 0 Å². The van der Waals surface area contributed by atoms with E-state index in [1.807, 2.05) is 0 Å². The van der Waals surface area contributed by atoms with Gasteiger partial charge in [0.15, 0.2) is 5.78 Å². The van der Waals surface area contributed by atoms with Crippen LogP contribution < -0.4 is 0 Å². The maximum atomic E-state index is 11.0. The zero-order valence-electron chi connectivity index (χ0n) is 8.42. The maximum absolute atomic E-state index is 11.0. The molecular weight excluding hydrogens is 172 g/mol. The summed E-state index contributed by atoms with van der Waals surface area (Å²) in [5.41, 5.74) is 3.86. The van der Waals surface area contributed by atoms with Crippen molar-refractivity contribution in [3.05, 3.63) is 47.0 Å². The summed E-state index contributed by atoms with van der Waals surface area (Å²) in [6.07, 6.45) is 4.40. The third kappa shape index (κ3) is 2.11. The zero-order valence-corrected chi connectivity index (χ0v) is 8.42. The Morgan fingerprint density at radius 3 is 2.43 bits per heavy atom. The van der Waals surface area contributed by atoms with Crippen LogP contribution in [-0.4, -0.2) is 5.78 Å². The second-order valence-corrected chi connectivity index (χ2v) is 3.93. The quantitative estimate of drug-likeness (QED) is 0.694. The second-order valence-electron chi connectivity index (χ2n) is 3.93. The van der Waals surface area contributed by atoms with Gasteiger partial charge in [-0.1, -0.05) is 35.4 Å². The Morgan fingerprint density at radius 1 is 1.14 bits per heavy atom. The van der Waals surface area contributed by atoms with Crippen LogP contribution in [0.1, 0.15) is 24.0 Å². The molecule has 1 nitrogen and oxygen atoms in total. The average molecular weight is 186 g/mol. The maximum Gasteiger partial charge on any atom is 0.155 e. The molecule has 0 radical (unpaired) electrons. The fourth-order valence-electron chi connectivity index (χ4n) is 1.76. The van der Waals surface area contributed by atoms with Crippen molar-refractivity contribution in [1.29, 1.82) is 0 Å². The number of carbonyl (C=O) groups is 1. The van der Waals surface area contributed by atoms with Gasteiger partial charge in [0.1, 0.15) is 0 Å². The van der Waals surface area contributed by atoms with E-state index in [1.165, 1.54) is 16.7 Å². The second kappa shape index (κ2) is 3.79. The topological polar surface area (TPSA) is 17.1 Å². The number of hydrogen-bond donors (Lipinski definition) is 0. The SMILES string of the molecule is Cc1ccc(CC2=CC(=O)CC2)cc1. The lowest BCUT2D eigenvalue weighted by Crippen LogP contribution is -1.87. The molecule has 72 valence electrons. The van der Waals surface area contributed by atoms with Gasteiger partial charge in [-0.05, 0) is 31.4 Å². The molecule has 0 heterocycles. The lowest BCUT2D eigenvalue weighted by Gasteiger charge is -2.01. The molecule has 1 aliphatic carbocycles. The molecule has 0 atom stereocenters. The number of benzene rings is 1. The molecule has 0 unspecified atom stereocenters. The lowest BCUT2D eigenvalue weighted by molar-refractivity contribution is -0.114. The molecule has 0 saturated heterocycles. The molecule has 0 aromatic heterocycles. The smallest absolute Gasteiger partial charge is 0.155 e. The van der Waals surface area contributed by atoms with Crippen LogP contribution in [0.4, 0.5) is 0 Å². The third-order valence-corrected chi connectivity index (χ3v) is 2.61. The van der Waals surface area contributed by atoms with Gasteiger partial charge in [-0.2, -0.15) is 0 Å². The largest absolute Gasteiger partial charge is 0.295 e. The average Bonchev–Trinajstić information content (AvgIpc) is 2.56. The van der Waals surface area contributed by atoms with Crippen LogP contribution in [0.3, 0.4) is 0 Å². The normalized spacial score (nSPS) is 15.8. The van der Waals surface area contributed by atoms with Crippen molar-refractivity contribution in [1.82, 2.24) is 0 Å². The number of hydrogen-bond acceptors (Lipinski definition) is 1. The predicted molar refractivity (Wildman–Crippen MR) is 57.2 cm³/mol. The minimum Gasteiger partial charge on any atom is -0.295 e. The summed E-state index contributed by atoms with van der Waals surface area (Å²) < 4.78 is 0. The van der Waals surface area contributed by atoms with E-state index in [0.717, 1.165) is 12.8 Å². The van der Waals surface area contributed by atoms with Crippen LogP contribution in [0.15, 0.2) is 35.9 Å². The minimum absolute atomic E-state index is 0.284. The van der Waals surface area contributed by atoms with Gasteiger partial charge in [-0.15, -0.1) is 0 Å². The predicted octanol–water partition coefficient (Wildman–Crippen LogP) is 2.83. The van der Waals surface area contributed by atoms with E-state index >= 15 is 0 Å². The molecule has 0 aliphatic heterocycles. The van der Waals surface area contributed by atoms with E-state index in [4.69, 9.17) is 0 Å². The fourth-order valence-corrected chi connectivity index (χ4v) is 1.76. The van der Waals surface area contributed by atoms with Gasteiger partial charge < -0.3 is 0 Å². The lowest BCUT2D eigenvalue weighted by atomic mass is 10.0. The Hall–Kier alpha value is -1.37. The fraction of sp³-hybridized carbons (Fsp3) is 0.308. The van der Waals surface area contributed by atoms with Gasteiger partial charge in [-0.25, -0.2) is 0 Å². The molecule has 0 fully saturated rings. The Morgan fingerprint density at radius 2 is 1.86 bits per heavy atom. The number of aryl methyl sites for hydroxylation is 1. The van der Waals surface area contributed by atoms with E-state index in [2.05, 4.69) is 31.2 Å². The van der Waals surface area contributed by atoms with Crippen LogP contribution in [0.2, 0.25) is 0 Å². The molecule has 0 spiro atoms. The molecule has 1 aliphatic rings. The van der Waals surface area contributed by atoms with Crippen LogP contribution in [-0.2, 0) is 11.2 Å². The molecule has 14 heavy (non-hydrogen) atoms. The van der Waals surface area contributed by atoms with Gasteiger partial charge >= 0.3 is 0 Å². The third-order valence-electron chi connectivity index (χ3n) is 2.61. The standard InChI is InChI=1S/C13H14O/c1-10-2-4-11(5-3-10)8-12-6-7-13(14)9-12/h2-5,9H,6-8H2,1H3. The van der Waals surface area contributed by atoms with E-state index < -0.39 is 0 Å². The van der Waals surface area contributed by atoms with E-state index in [0.29, 0.717) is 6.42 Å². The van der Waals surface area contributed by atoms with Crippen LogP contribution in [0.5, 0.6) is 0 Å². The molecule has 2 rings (SSSR count). The molecule has 1 aromatic rings. The molecule has 0 N–H and O–H groups in total. The first-order valence-electron chi connectivity index (χ1n) is 5.02. The highest BCUT2D eigenvalue weighted by molar-refractivity contribution is 5.93. The molecule has 1 aromatic carbocycles. The summed E-state index contributed by atoms with van der Waals surface area (Å²) in [7, 11) is 0. The summed E-state index contributed by atoms with van der Waals surface area (Å²) in [5.74, 6) is 0.284. The van der Waals surface area contributed by atoms with Crippen LogP contribution in [0.25, 0.3) is 0 Å². The van der Waals surface area contributed by atoms with Gasteiger partial charge in [0.25, 0.3) is 0 Å². The van der Waals surface area contributed by atoms with Crippen molar-refractivity contribution in [2.24, 2.45) is 0 Å². The van der Waals surface area contributed by atoms with Crippen molar-refractivity contribution in [3.63, 3.8) is 0 Å². The van der Waals surface area contributed by atoms with Crippen molar-refractivity contribution in [2.45, 2.75) is 26.2 Å². The Bertz CT molecular complexity index is 371. The summed E-state index contributed by atoms with van der Waals surface area (Å²) in [4.78, 5) is 11.0. The van der Waals surface area contributed by atoms with Crippen molar-refractivity contribution < 1.29 is 4.79 Å². The molecular formula is C13H14O. The highest BCUT2D eigenvalue weighted by Crippen LogP contribution is 2.19. The number of allylic oxidation sites excluding steroid dienone is 2. The Balaban J connectivity index is 2.08. The van der Waals surface area contributed by atoms with Gasteiger partial charge in [-0.3, -0.25) is 4.79 Å². The number of carbonyl (C=O) groups excluding carboxylic acids is 1. The van der Waals surface area contributed by atoms with Gasteiger partial charge in [0.05, 0.1) is 0 Å². The minimum atomic E-state index is 0.284. The first-order chi connectivity index (χ1) is 6.74. The summed E-state index contributed by atoms with van der Waals surface area (Å²) in [5, 5.41) is 0. The molecule has 1 heteroatoms. The number of rotatable bonds is 2. The molecule has 0 amide bonds. The van der Waals surface area contributed by atoms with Crippen LogP contribution >= 0.6 is 0 Å². The van der Waals surface area contributed by atoms with E-state index in [-0.39, 0.29) is 5.78 Å². The van der Waals surface area contributed by atoms with Gasteiger partial charge in [0, 0.05) is 6.42 Å². The molecule has 0 saturated carbocycles. The number of ketones is 1. The Kier molecular flexibility index (Phi) is 2.49. The monoisotopic (exact) mass is 186 g/mol. The summed E-state index contributed by atoms with van der Waals surface area (Å²) >= 11 is 0. The Labute approximate surface area is 84.5 Å². The van der Waals surface area contributed by atoms with Crippen molar-refractivity contribution in [2.75, 3.05) is 0 Å². The highest BCUT2D eigenvalue weighted by Gasteiger charge is 2.11. The summed E-state index contributed by atoms with van der Waals surface area (Å²) in [6.45, 7) is 2.09. The first-order valence-corrected chi connectivity index (χ1v) is 5.02. The van der Waals surface area contributed by atoms with E-state index in [9.17, 15) is 4.79 Å². The van der Waals surface area contributed by atoms with E-state index in [1.54, 1.807) is 6.08 Å². The van der Waals surface area contributed by atoms with Crippen molar-refractivity contribution >= 4 is 5.78 Å². The highest BCUT2D eigenvalue weighted by atomic mass is 16.1. The summed E-state index contributed by atoms with van der Waals surface area (Å²) in [6, 6.07) is 8.51. The first kappa shape index (κ1) is 9.20. The van der Waals surface area contributed by atoms with Crippen molar-refractivity contribution in [3.8, 4) is 0 Å². The van der Waals surface area contributed by atoms with Crippen LogP contribution in [0, 0.1) is 6.92 Å². The zero-order chi connectivity index (χ0) is 9.97.